The zero-order valence-electron chi connectivity index (χ0n) is 11.6. The van der Waals surface area contributed by atoms with Crippen LogP contribution in [-0.2, 0) is 9.59 Å². The van der Waals surface area contributed by atoms with Crippen molar-refractivity contribution in [2.75, 3.05) is 25.1 Å². The summed E-state index contributed by atoms with van der Waals surface area (Å²) in [6.07, 6.45) is 5.40. The zero-order chi connectivity index (χ0) is 13.5. The van der Waals surface area contributed by atoms with E-state index < -0.39 is 0 Å². The molecule has 104 valence electrons. The molecule has 4 nitrogen and oxygen atoms in total. The molecule has 0 aromatic heterocycles. The number of unbranched alkanes of at least 4 members (excludes halogenated alkanes) is 2. The Balaban J connectivity index is 2.47. The van der Waals surface area contributed by atoms with E-state index in [-0.39, 0.29) is 30.3 Å². The molecular formula is C13H24N2O2S. The molecule has 5 heteroatoms. The molecule has 1 N–H and O–H groups in total. The van der Waals surface area contributed by atoms with Crippen LogP contribution in [-0.4, -0.2) is 47.9 Å². The van der Waals surface area contributed by atoms with Gasteiger partial charge in [0.25, 0.3) is 0 Å². The lowest BCUT2D eigenvalue weighted by molar-refractivity contribution is -0.147. The maximum absolute atomic E-state index is 11.9. The molecule has 1 aliphatic rings. The van der Waals surface area contributed by atoms with Crippen molar-refractivity contribution in [1.29, 1.82) is 0 Å². The number of carbonyl (C=O) groups is 2. The van der Waals surface area contributed by atoms with Gasteiger partial charge < -0.3 is 10.2 Å². The van der Waals surface area contributed by atoms with E-state index in [1.807, 2.05) is 25.6 Å². The largest absolute Gasteiger partial charge is 0.345 e. The first-order chi connectivity index (χ1) is 8.57. The first-order valence-corrected chi connectivity index (χ1v) is 8.03. The smallest absolute Gasteiger partial charge is 0.243 e. The van der Waals surface area contributed by atoms with Crippen molar-refractivity contribution in [3.63, 3.8) is 0 Å². The summed E-state index contributed by atoms with van der Waals surface area (Å²) in [6, 6.07) is -0.285. The van der Waals surface area contributed by atoms with Crippen LogP contribution in [0.4, 0.5) is 0 Å². The van der Waals surface area contributed by atoms with Crippen molar-refractivity contribution in [3.05, 3.63) is 0 Å². The molecule has 0 saturated carbocycles. The van der Waals surface area contributed by atoms with Gasteiger partial charge in [-0.1, -0.05) is 20.3 Å². The Morgan fingerprint density at radius 2 is 2.06 bits per heavy atom. The highest BCUT2D eigenvalue weighted by Gasteiger charge is 2.35. The van der Waals surface area contributed by atoms with Gasteiger partial charge in [0.1, 0.15) is 6.04 Å². The average Bonchev–Trinajstić information content (AvgIpc) is 2.32. The van der Waals surface area contributed by atoms with E-state index in [1.165, 1.54) is 12.2 Å². The summed E-state index contributed by atoms with van der Waals surface area (Å²) in [5, 5.41) is 2.67. The molecule has 0 aliphatic carbocycles. The predicted molar refractivity (Wildman–Crippen MR) is 75.6 cm³/mol. The molecule has 0 radical (unpaired) electrons. The molecule has 1 fully saturated rings. The Labute approximate surface area is 114 Å². The second-order valence-corrected chi connectivity index (χ2v) is 6.03. The second kappa shape index (κ2) is 7.67. The van der Waals surface area contributed by atoms with Gasteiger partial charge in [0.2, 0.25) is 11.8 Å². The summed E-state index contributed by atoms with van der Waals surface area (Å²) in [5.41, 5.74) is 0. The van der Waals surface area contributed by atoms with Crippen LogP contribution in [0.25, 0.3) is 0 Å². The van der Waals surface area contributed by atoms with Gasteiger partial charge in [0, 0.05) is 6.54 Å². The van der Waals surface area contributed by atoms with E-state index in [4.69, 9.17) is 0 Å². The van der Waals surface area contributed by atoms with E-state index in [9.17, 15) is 9.59 Å². The molecule has 1 saturated heterocycles. The van der Waals surface area contributed by atoms with Crippen LogP contribution in [0.1, 0.15) is 33.1 Å². The minimum Gasteiger partial charge on any atom is -0.345 e. The zero-order valence-corrected chi connectivity index (χ0v) is 12.4. The van der Waals surface area contributed by atoms with Crippen LogP contribution in [0.3, 0.4) is 0 Å². The Kier molecular flexibility index (Phi) is 6.54. The maximum atomic E-state index is 11.9. The van der Waals surface area contributed by atoms with Gasteiger partial charge in [-0.25, -0.2) is 0 Å². The molecule has 0 aromatic rings. The Bertz CT molecular complexity index is 295. The molecule has 0 bridgehead atoms. The standard InChI is InChI=1S/C13H24N2O2S/c1-10(2)12-13(17)14-9-11(16)15(12)7-5-4-6-8-18-3/h10,12H,4-9H2,1-3H3,(H,14,17). The Morgan fingerprint density at radius 3 is 2.67 bits per heavy atom. The SMILES string of the molecule is CSCCCCCN1C(=O)CNC(=O)C1C(C)C. The fourth-order valence-corrected chi connectivity index (χ4v) is 2.79. The number of carbonyl (C=O) groups excluding carboxylic acids is 2. The van der Waals surface area contributed by atoms with Gasteiger partial charge >= 0.3 is 0 Å². The minimum atomic E-state index is -0.285. The number of amides is 2. The van der Waals surface area contributed by atoms with E-state index in [2.05, 4.69) is 11.6 Å². The first-order valence-electron chi connectivity index (χ1n) is 6.64. The predicted octanol–water partition coefficient (Wildman–Crippen LogP) is 1.50. The third-order valence-corrected chi connectivity index (χ3v) is 3.91. The van der Waals surface area contributed by atoms with E-state index in [0.29, 0.717) is 6.54 Å². The summed E-state index contributed by atoms with van der Waals surface area (Å²) >= 11 is 1.85. The average molecular weight is 272 g/mol. The summed E-state index contributed by atoms with van der Waals surface area (Å²) in [4.78, 5) is 25.5. The number of rotatable bonds is 7. The van der Waals surface area contributed by atoms with Crippen molar-refractivity contribution < 1.29 is 9.59 Å². The number of piperazine rings is 1. The second-order valence-electron chi connectivity index (χ2n) is 5.05. The van der Waals surface area contributed by atoms with Crippen molar-refractivity contribution in [2.24, 2.45) is 5.92 Å². The summed E-state index contributed by atoms with van der Waals surface area (Å²) < 4.78 is 0. The molecule has 1 heterocycles. The Hall–Kier alpha value is -0.710. The quantitative estimate of drug-likeness (QED) is 0.715. The molecule has 2 amide bonds. The fraction of sp³-hybridized carbons (Fsp3) is 0.846. The summed E-state index contributed by atoms with van der Waals surface area (Å²) in [7, 11) is 0. The van der Waals surface area contributed by atoms with Crippen molar-refractivity contribution >= 4 is 23.6 Å². The molecule has 18 heavy (non-hydrogen) atoms. The molecule has 1 atom stereocenters. The third kappa shape index (κ3) is 4.19. The van der Waals surface area contributed by atoms with Crippen LogP contribution in [0.5, 0.6) is 0 Å². The van der Waals surface area contributed by atoms with E-state index in [0.717, 1.165) is 12.8 Å². The number of nitrogens with zero attached hydrogens (tertiary/aromatic N) is 1. The lowest BCUT2D eigenvalue weighted by Gasteiger charge is -2.37. The molecule has 0 spiro atoms. The highest BCUT2D eigenvalue weighted by molar-refractivity contribution is 7.98. The summed E-state index contributed by atoms with van der Waals surface area (Å²) in [6.45, 7) is 4.85. The van der Waals surface area contributed by atoms with Crippen LogP contribution >= 0.6 is 11.8 Å². The maximum Gasteiger partial charge on any atom is 0.243 e. The lowest BCUT2D eigenvalue weighted by atomic mass is 9.99. The first kappa shape index (κ1) is 15.3. The van der Waals surface area contributed by atoms with Gasteiger partial charge in [-0.2, -0.15) is 11.8 Å². The van der Waals surface area contributed by atoms with Crippen LogP contribution in [0.15, 0.2) is 0 Å². The van der Waals surface area contributed by atoms with Crippen LogP contribution in [0, 0.1) is 5.92 Å². The Morgan fingerprint density at radius 1 is 1.33 bits per heavy atom. The molecule has 1 rings (SSSR count). The summed E-state index contributed by atoms with van der Waals surface area (Å²) in [5.74, 6) is 1.38. The monoisotopic (exact) mass is 272 g/mol. The number of hydrogen-bond acceptors (Lipinski definition) is 3. The van der Waals surface area contributed by atoms with Gasteiger partial charge in [0.05, 0.1) is 6.54 Å². The van der Waals surface area contributed by atoms with Crippen molar-refractivity contribution in [3.8, 4) is 0 Å². The van der Waals surface area contributed by atoms with Crippen LogP contribution in [0.2, 0.25) is 0 Å². The van der Waals surface area contributed by atoms with E-state index >= 15 is 0 Å². The number of thioether (sulfide) groups is 1. The highest BCUT2D eigenvalue weighted by Crippen LogP contribution is 2.16. The topological polar surface area (TPSA) is 49.4 Å². The highest BCUT2D eigenvalue weighted by atomic mass is 32.2. The number of nitrogens with one attached hydrogen (secondary N) is 1. The number of hydrogen-bond donors (Lipinski definition) is 1. The molecule has 0 aromatic carbocycles. The molecular weight excluding hydrogens is 248 g/mol. The van der Waals surface area contributed by atoms with Gasteiger partial charge in [-0.3, -0.25) is 9.59 Å². The van der Waals surface area contributed by atoms with Crippen molar-refractivity contribution in [1.82, 2.24) is 10.2 Å². The molecule has 1 unspecified atom stereocenters. The van der Waals surface area contributed by atoms with Crippen LogP contribution < -0.4 is 5.32 Å². The lowest BCUT2D eigenvalue weighted by Crippen LogP contribution is -2.60. The fourth-order valence-electron chi connectivity index (χ4n) is 2.30. The van der Waals surface area contributed by atoms with Gasteiger partial charge in [0.15, 0.2) is 0 Å². The van der Waals surface area contributed by atoms with Gasteiger partial charge in [-0.15, -0.1) is 0 Å². The van der Waals surface area contributed by atoms with Gasteiger partial charge in [-0.05, 0) is 30.8 Å². The normalized spacial score (nSPS) is 20.4. The van der Waals surface area contributed by atoms with Crippen molar-refractivity contribution in [2.45, 2.75) is 39.2 Å². The van der Waals surface area contributed by atoms with E-state index in [1.54, 1.807) is 4.90 Å². The minimum absolute atomic E-state index is 0.00582. The molecule has 1 aliphatic heterocycles. The third-order valence-electron chi connectivity index (χ3n) is 3.22.